The van der Waals surface area contributed by atoms with E-state index in [-0.39, 0.29) is 17.9 Å². The van der Waals surface area contributed by atoms with Crippen LogP contribution in [0.15, 0.2) is 0 Å². The van der Waals surface area contributed by atoms with Gasteiger partial charge in [-0.1, -0.05) is 0 Å². The molecular formula is C10H16N2O2. The van der Waals surface area contributed by atoms with Gasteiger partial charge in [-0.25, -0.2) is 0 Å². The van der Waals surface area contributed by atoms with Crippen LogP contribution >= 0.6 is 0 Å². The van der Waals surface area contributed by atoms with Crippen LogP contribution in [0.2, 0.25) is 0 Å². The van der Waals surface area contributed by atoms with Gasteiger partial charge >= 0.3 is 0 Å². The second-order valence-electron chi connectivity index (χ2n) is 4.25. The highest BCUT2D eigenvalue weighted by Crippen LogP contribution is 2.31. The molecule has 2 fully saturated rings. The van der Waals surface area contributed by atoms with Gasteiger partial charge in [0, 0.05) is 39.4 Å². The summed E-state index contributed by atoms with van der Waals surface area (Å²) in [6, 6.07) is 0.288. The number of rotatable bonds is 0. The zero-order valence-electron chi connectivity index (χ0n) is 8.69. The van der Waals surface area contributed by atoms with Crippen LogP contribution in [0, 0.1) is 5.92 Å². The Morgan fingerprint density at radius 1 is 1.14 bits per heavy atom. The maximum Gasteiger partial charge on any atom is 0.219 e. The molecule has 4 nitrogen and oxygen atoms in total. The van der Waals surface area contributed by atoms with Gasteiger partial charge in [0.1, 0.15) is 0 Å². The molecule has 2 unspecified atom stereocenters. The third-order valence-corrected chi connectivity index (χ3v) is 3.40. The Morgan fingerprint density at radius 2 is 1.86 bits per heavy atom. The standard InChI is InChI=1S/C10H16N2O2/c1-7(13)11-5-9-3-4-12(8(2)14)10(9)6-11/h9-10H,3-6H2,1-2H3. The minimum Gasteiger partial charge on any atom is -0.341 e. The Kier molecular flexibility index (Phi) is 2.21. The number of fused-ring (bicyclic) bond motifs is 1. The molecule has 2 rings (SSSR count). The average Bonchev–Trinajstić information content (AvgIpc) is 2.58. The highest BCUT2D eigenvalue weighted by atomic mass is 16.2. The van der Waals surface area contributed by atoms with Crippen molar-refractivity contribution in [2.45, 2.75) is 26.3 Å². The number of hydrogen-bond donors (Lipinski definition) is 0. The van der Waals surface area contributed by atoms with Crippen molar-refractivity contribution in [2.24, 2.45) is 5.92 Å². The van der Waals surface area contributed by atoms with Crippen LogP contribution in [-0.2, 0) is 9.59 Å². The third kappa shape index (κ3) is 1.38. The molecule has 2 aliphatic rings. The van der Waals surface area contributed by atoms with Crippen molar-refractivity contribution in [3.63, 3.8) is 0 Å². The fourth-order valence-corrected chi connectivity index (χ4v) is 2.61. The fraction of sp³-hybridized carbons (Fsp3) is 0.800. The molecule has 0 saturated carbocycles. The van der Waals surface area contributed by atoms with Gasteiger partial charge in [-0.2, -0.15) is 0 Å². The van der Waals surface area contributed by atoms with Gasteiger partial charge in [0.05, 0.1) is 6.04 Å². The summed E-state index contributed by atoms with van der Waals surface area (Å²) in [6.07, 6.45) is 1.05. The molecular weight excluding hydrogens is 180 g/mol. The topological polar surface area (TPSA) is 40.6 Å². The van der Waals surface area contributed by atoms with Gasteiger partial charge in [0.2, 0.25) is 11.8 Å². The van der Waals surface area contributed by atoms with E-state index < -0.39 is 0 Å². The molecule has 78 valence electrons. The summed E-state index contributed by atoms with van der Waals surface area (Å²) in [5.74, 6) is 0.786. The number of likely N-dealkylation sites (tertiary alicyclic amines) is 2. The molecule has 2 aliphatic heterocycles. The maximum atomic E-state index is 11.3. The number of carbonyl (C=O) groups excluding carboxylic acids is 2. The third-order valence-electron chi connectivity index (χ3n) is 3.40. The van der Waals surface area contributed by atoms with Crippen molar-refractivity contribution in [3.05, 3.63) is 0 Å². The first-order valence-corrected chi connectivity index (χ1v) is 5.12. The minimum atomic E-state index is 0.128. The second-order valence-corrected chi connectivity index (χ2v) is 4.25. The lowest BCUT2D eigenvalue weighted by molar-refractivity contribution is -0.132. The fourth-order valence-electron chi connectivity index (χ4n) is 2.61. The predicted octanol–water partition coefficient (Wildman–Crippen LogP) is 0.0855. The summed E-state index contributed by atoms with van der Waals surface area (Å²) in [4.78, 5) is 26.2. The first-order chi connectivity index (χ1) is 6.59. The van der Waals surface area contributed by atoms with Gasteiger partial charge < -0.3 is 9.80 Å². The number of amides is 2. The van der Waals surface area contributed by atoms with Gasteiger partial charge in [0.15, 0.2) is 0 Å². The van der Waals surface area contributed by atoms with E-state index in [0.717, 1.165) is 26.1 Å². The molecule has 2 amide bonds. The molecule has 2 heterocycles. The van der Waals surface area contributed by atoms with Crippen LogP contribution in [0.25, 0.3) is 0 Å². The molecule has 0 aromatic heterocycles. The number of carbonyl (C=O) groups is 2. The van der Waals surface area contributed by atoms with Gasteiger partial charge in [-0.15, -0.1) is 0 Å². The summed E-state index contributed by atoms with van der Waals surface area (Å²) in [6.45, 7) is 5.65. The van der Waals surface area contributed by atoms with E-state index >= 15 is 0 Å². The largest absolute Gasteiger partial charge is 0.341 e. The van der Waals surface area contributed by atoms with E-state index in [0.29, 0.717) is 5.92 Å². The Hall–Kier alpha value is -1.06. The summed E-state index contributed by atoms with van der Waals surface area (Å²) in [5.41, 5.74) is 0. The highest BCUT2D eigenvalue weighted by molar-refractivity contribution is 5.76. The summed E-state index contributed by atoms with van der Waals surface area (Å²) < 4.78 is 0. The molecule has 2 atom stereocenters. The Bertz CT molecular complexity index is 277. The first-order valence-electron chi connectivity index (χ1n) is 5.12. The summed E-state index contributed by atoms with van der Waals surface area (Å²) in [5, 5.41) is 0. The van der Waals surface area contributed by atoms with Crippen LogP contribution < -0.4 is 0 Å². The van der Waals surface area contributed by atoms with Crippen molar-refractivity contribution in [3.8, 4) is 0 Å². The van der Waals surface area contributed by atoms with Gasteiger partial charge in [-0.05, 0) is 6.42 Å². The minimum absolute atomic E-state index is 0.128. The van der Waals surface area contributed by atoms with E-state index in [9.17, 15) is 9.59 Å². The lowest BCUT2D eigenvalue weighted by Gasteiger charge is -2.23. The smallest absolute Gasteiger partial charge is 0.219 e. The first kappa shape index (κ1) is 9.49. The molecule has 14 heavy (non-hydrogen) atoms. The van der Waals surface area contributed by atoms with Crippen molar-refractivity contribution in [1.82, 2.24) is 9.80 Å². The molecule has 0 bridgehead atoms. The van der Waals surface area contributed by atoms with Crippen LogP contribution in [-0.4, -0.2) is 47.3 Å². The second kappa shape index (κ2) is 3.26. The van der Waals surface area contributed by atoms with E-state index in [1.54, 1.807) is 13.8 Å². The van der Waals surface area contributed by atoms with Crippen molar-refractivity contribution >= 4 is 11.8 Å². The lowest BCUT2D eigenvalue weighted by atomic mass is 10.1. The Morgan fingerprint density at radius 3 is 2.43 bits per heavy atom. The molecule has 0 N–H and O–H groups in total. The van der Waals surface area contributed by atoms with Gasteiger partial charge in [0.25, 0.3) is 0 Å². The van der Waals surface area contributed by atoms with Crippen LogP contribution in [0.5, 0.6) is 0 Å². The van der Waals surface area contributed by atoms with Crippen molar-refractivity contribution in [2.75, 3.05) is 19.6 Å². The van der Waals surface area contributed by atoms with E-state index in [1.165, 1.54) is 0 Å². The van der Waals surface area contributed by atoms with E-state index in [2.05, 4.69) is 0 Å². The molecule has 0 spiro atoms. The quantitative estimate of drug-likeness (QED) is 0.550. The molecule has 0 aromatic carbocycles. The number of nitrogens with zero attached hydrogens (tertiary/aromatic N) is 2. The normalized spacial score (nSPS) is 30.7. The average molecular weight is 196 g/mol. The van der Waals surface area contributed by atoms with Gasteiger partial charge in [-0.3, -0.25) is 9.59 Å². The molecule has 0 aliphatic carbocycles. The van der Waals surface area contributed by atoms with Crippen LogP contribution in [0.4, 0.5) is 0 Å². The van der Waals surface area contributed by atoms with Crippen molar-refractivity contribution < 1.29 is 9.59 Å². The molecule has 2 saturated heterocycles. The maximum absolute atomic E-state index is 11.3. The highest BCUT2D eigenvalue weighted by Gasteiger charge is 2.42. The van der Waals surface area contributed by atoms with Crippen LogP contribution in [0.3, 0.4) is 0 Å². The SMILES string of the molecule is CC(=O)N1CC2CCN(C(C)=O)C2C1. The van der Waals surface area contributed by atoms with Crippen molar-refractivity contribution in [1.29, 1.82) is 0 Å². The lowest BCUT2D eigenvalue weighted by Crippen LogP contribution is -2.39. The molecule has 0 radical (unpaired) electrons. The zero-order chi connectivity index (χ0) is 10.3. The van der Waals surface area contributed by atoms with E-state index in [1.807, 2.05) is 9.80 Å². The molecule has 4 heteroatoms. The predicted molar refractivity (Wildman–Crippen MR) is 51.5 cm³/mol. The summed E-state index contributed by atoms with van der Waals surface area (Å²) in [7, 11) is 0. The number of hydrogen-bond acceptors (Lipinski definition) is 2. The van der Waals surface area contributed by atoms with E-state index in [4.69, 9.17) is 0 Å². The zero-order valence-corrected chi connectivity index (χ0v) is 8.69. The Balaban J connectivity index is 2.06. The monoisotopic (exact) mass is 196 g/mol. The Labute approximate surface area is 83.9 Å². The van der Waals surface area contributed by atoms with Crippen LogP contribution in [0.1, 0.15) is 20.3 Å². The summed E-state index contributed by atoms with van der Waals surface area (Å²) >= 11 is 0. The molecule has 0 aromatic rings.